The van der Waals surface area contributed by atoms with Crippen molar-refractivity contribution in [1.82, 2.24) is 15.1 Å². The summed E-state index contributed by atoms with van der Waals surface area (Å²) in [6.45, 7) is 6.46. The Labute approximate surface area is 157 Å². The van der Waals surface area contributed by atoms with E-state index >= 15 is 0 Å². The molecule has 0 radical (unpaired) electrons. The summed E-state index contributed by atoms with van der Waals surface area (Å²) in [5, 5.41) is 3.21. The van der Waals surface area contributed by atoms with E-state index in [1.807, 2.05) is 24.1 Å². The molecular formula is C21H32N4O. The van der Waals surface area contributed by atoms with Crippen molar-refractivity contribution in [1.29, 1.82) is 0 Å². The number of carbonyl (C=O) groups excluding carboxylic acids is 1. The molecule has 142 valence electrons. The number of nitrogens with zero attached hydrogens (tertiary/aromatic N) is 3. The normalized spacial score (nSPS) is 13.9. The summed E-state index contributed by atoms with van der Waals surface area (Å²) in [7, 11) is 3.78. The van der Waals surface area contributed by atoms with Crippen molar-refractivity contribution < 1.29 is 4.79 Å². The number of hydrogen-bond acceptors (Lipinski definition) is 2. The Morgan fingerprint density at radius 1 is 1.31 bits per heavy atom. The van der Waals surface area contributed by atoms with Crippen molar-refractivity contribution in [3.63, 3.8) is 0 Å². The third-order valence-electron chi connectivity index (χ3n) is 4.86. The zero-order valence-electron chi connectivity index (χ0n) is 16.2. The van der Waals surface area contributed by atoms with Gasteiger partial charge in [0, 0.05) is 33.7 Å². The van der Waals surface area contributed by atoms with E-state index in [4.69, 9.17) is 0 Å². The summed E-state index contributed by atoms with van der Waals surface area (Å²) < 4.78 is 0. The number of unbranched alkanes of at least 4 members (excludes halogenated alkanes) is 3. The molecule has 0 saturated heterocycles. The van der Waals surface area contributed by atoms with Gasteiger partial charge in [-0.2, -0.15) is 0 Å². The number of hydrogen-bond donors (Lipinski definition) is 1. The van der Waals surface area contributed by atoms with Gasteiger partial charge in [-0.15, -0.1) is 6.58 Å². The molecule has 0 saturated carbocycles. The molecule has 1 aliphatic rings. The predicted octanol–water partition coefficient (Wildman–Crippen LogP) is 2.82. The molecular weight excluding hydrogens is 324 g/mol. The lowest BCUT2D eigenvalue weighted by molar-refractivity contribution is -0.130. The number of aliphatic imine (C=N–C) groups is 1. The second-order valence-corrected chi connectivity index (χ2v) is 6.79. The average Bonchev–Trinajstić information content (AvgIpc) is 2.67. The van der Waals surface area contributed by atoms with Gasteiger partial charge in [0.1, 0.15) is 0 Å². The van der Waals surface area contributed by atoms with Gasteiger partial charge in [-0.25, -0.2) is 0 Å². The minimum absolute atomic E-state index is 0.125. The van der Waals surface area contributed by atoms with Crippen molar-refractivity contribution in [2.45, 2.75) is 38.6 Å². The Balaban J connectivity index is 1.75. The van der Waals surface area contributed by atoms with Crippen LogP contribution in [0.15, 0.2) is 41.9 Å². The number of nitrogens with one attached hydrogen (secondary N) is 1. The molecule has 0 atom stereocenters. The molecule has 1 heterocycles. The van der Waals surface area contributed by atoms with Gasteiger partial charge in [0.05, 0.1) is 6.54 Å². The second kappa shape index (κ2) is 10.6. The Hall–Kier alpha value is -2.30. The highest BCUT2D eigenvalue weighted by Gasteiger charge is 2.20. The molecule has 1 N–H and O–H groups in total. The molecule has 0 bridgehead atoms. The fourth-order valence-corrected chi connectivity index (χ4v) is 3.28. The van der Waals surface area contributed by atoms with Crippen LogP contribution < -0.4 is 5.32 Å². The molecule has 5 heteroatoms. The smallest absolute Gasteiger partial charge is 0.242 e. The Kier molecular flexibility index (Phi) is 8.19. The van der Waals surface area contributed by atoms with Crippen LogP contribution in [0.1, 0.15) is 36.8 Å². The molecule has 0 aromatic heterocycles. The summed E-state index contributed by atoms with van der Waals surface area (Å²) in [6, 6.07) is 8.37. The van der Waals surface area contributed by atoms with E-state index in [9.17, 15) is 4.79 Å². The van der Waals surface area contributed by atoms with Crippen LogP contribution in [0, 0.1) is 0 Å². The molecule has 1 aliphatic heterocycles. The van der Waals surface area contributed by atoms with Gasteiger partial charge in [-0.3, -0.25) is 9.79 Å². The first-order chi connectivity index (χ1) is 12.7. The van der Waals surface area contributed by atoms with Crippen LogP contribution in [0.5, 0.6) is 0 Å². The summed E-state index contributed by atoms with van der Waals surface area (Å²) in [6.07, 6.45) is 7.44. The molecule has 5 nitrogen and oxygen atoms in total. The predicted molar refractivity (Wildman–Crippen MR) is 108 cm³/mol. The van der Waals surface area contributed by atoms with E-state index < -0.39 is 0 Å². The van der Waals surface area contributed by atoms with Crippen LogP contribution >= 0.6 is 0 Å². The molecule has 0 fully saturated rings. The zero-order chi connectivity index (χ0) is 18.8. The van der Waals surface area contributed by atoms with Gasteiger partial charge < -0.3 is 15.1 Å². The first kappa shape index (κ1) is 20.0. The number of guanidine groups is 1. The SMILES string of the molecule is C=CCCCCCN(C)C(=NC)NCC(=O)N1CCc2ccccc2C1. The molecule has 1 aromatic rings. The van der Waals surface area contributed by atoms with Gasteiger partial charge >= 0.3 is 0 Å². The monoisotopic (exact) mass is 356 g/mol. The molecule has 1 aromatic carbocycles. The molecule has 0 spiro atoms. The van der Waals surface area contributed by atoms with E-state index in [0.29, 0.717) is 6.54 Å². The molecule has 2 rings (SSSR count). The average molecular weight is 357 g/mol. The van der Waals surface area contributed by atoms with Gasteiger partial charge in [-0.05, 0) is 36.8 Å². The standard InChI is InChI=1S/C21H32N4O/c1-4-5-6-7-10-14-24(3)21(22-2)23-16-20(26)25-15-13-18-11-8-9-12-19(18)17-25/h4,8-9,11-12H,1,5-7,10,13-17H2,2-3H3,(H,22,23). The van der Waals surface area contributed by atoms with Crippen LogP contribution in [0.4, 0.5) is 0 Å². The van der Waals surface area contributed by atoms with Crippen molar-refractivity contribution >= 4 is 11.9 Å². The molecule has 26 heavy (non-hydrogen) atoms. The van der Waals surface area contributed by atoms with Crippen LogP contribution in [-0.4, -0.2) is 55.4 Å². The fraction of sp³-hybridized carbons (Fsp3) is 0.524. The molecule has 1 amide bonds. The maximum atomic E-state index is 12.6. The van der Waals surface area contributed by atoms with E-state index in [0.717, 1.165) is 38.3 Å². The van der Waals surface area contributed by atoms with Crippen LogP contribution in [0.3, 0.4) is 0 Å². The third-order valence-corrected chi connectivity index (χ3v) is 4.86. The quantitative estimate of drug-likeness (QED) is 0.337. The summed E-state index contributed by atoms with van der Waals surface area (Å²) in [5.74, 6) is 0.902. The lowest BCUT2D eigenvalue weighted by Gasteiger charge is -2.29. The number of benzene rings is 1. The highest BCUT2D eigenvalue weighted by Crippen LogP contribution is 2.18. The van der Waals surface area contributed by atoms with Crippen molar-refractivity contribution in [2.75, 3.05) is 33.7 Å². The maximum Gasteiger partial charge on any atom is 0.242 e. The number of amides is 1. The van der Waals surface area contributed by atoms with Gasteiger partial charge in [0.2, 0.25) is 5.91 Å². The first-order valence-corrected chi connectivity index (χ1v) is 9.53. The van der Waals surface area contributed by atoms with Crippen LogP contribution in [0.25, 0.3) is 0 Å². The molecule has 0 aliphatic carbocycles. The number of carbonyl (C=O) groups is 1. The van der Waals surface area contributed by atoms with E-state index in [2.05, 4.69) is 40.0 Å². The Bertz CT molecular complexity index is 626. The van der Waals surface area contributed by atoms with Crippen molar-refractivity contribution in [3.8, 4) is 0 Å². The lowest BCUT2D eigenvalue weighted by atomic mass is 10.00. The Morgan fingerprint density at radius 3 is 2.81 bits per heavy atom. The van der Waals surface area contributed by atoms with Gasteiger partial charge in [0.15, 0.2) is 5.96 Å². The first-order valence-electron chi connectivity index (χ1n) is 9.53. The second-order valence-electron chi connectivity index (χ2n) is 6.79. The fourth-order valence-electron chi connectivity index (χ4n) is 3.28. The van der Waals surface area contributed by atoms with Crippen LogP contribution in [-0.2, 0) is 17.8 Å². The lowest BCUT2D eigenvalue weighted by Crippen LogP contribution is -2.46. The Morgan fingerprint density at radius 2 is 2.08 bits per heavy atom. The minimum atomic E-state index is 0.125. The minimum Gasteiger partial charge on any atom is -0.347 e. The van der Waals surface area contributed by atoms with E-state index in [1.165, 1.54) is 24.0 Å². The largest absolute Gasteiger partial charge is 0.347 e. The number of allylic oxidation sites excluding steroid dienone is 1. The molecule has 0 unspecified atom stereocenters. The van der Waals surface area contributed by atoms with E-state index in [1.54, 1.807) is 7.05 Å². The summed E-state index contributed by atoms with van der Waals surface area (Å²) in [5.41, 5.74) is 2.62. The number of fused-ring (bicyclic) bond motifs is 1. The van der Waals surface area contributed by atoms with E-state index in [-0.39, 0.29) is 12.5 Å². The maximum absolute atomic E-state index is 12.6. The summed E-state index contributed by atoms with van der Waals surface area (Å²) in [4.78, 5) is 20.9. The zero-order valence-corrected chi connectivity index (χ0v) is 16.2. The highest BCUT2D eigenvalue weighted by molar-refractivity contribution is 5.86. The number of rotatable bonds is 8. The van der Waals surface area contributed by atoms with Crippen molar-refractivity contribution in [2.24, 2.45) is 4.99 Å². The third kappa shape index (κ3) is 5.90. The van der Waals surface area contributed by atoms with Crippen molar-refractivity contribution in [3.05, 3.63) is 48.0 Å². The van der Waals surface area contributed by atoms with Gasteiger partial charge in [0.25, 0.3) is 0 Å². The highest BCUT2D eigenvalue weighted by atomic mass is 16.2. The summed E-state index contributed by atoms with van der Waals surface area (Å²) >= 11 is 0. The topological polar surface area (TPSA) is 47.9 Å². The van der Waals surface area contributed by atoms with Gasteiger partial charge in [-0.1, -0.05) is 36.8 Å². The van der Waals surface area contributed by atoms with Crippen LogP contribution in [0.2, 0.25) is 0 Å².